The lowest BCUT2D eigenvalue weighted by Crippen LogP contribution is -2.16. The topological polar surface area (TPSA) is 79.4 Å². The zero-order valence-electron chi connectivity index (χ0n) is 11.8. The molecular formula is C14H16ClN3O3. The second-order valence-corrected chi connectivity index (χ2v) is 4.87. The first-order chi connectivity index (χ1) is 9.97. The highest BCUT2D eigenvalue weighted by molar-refractivity contribution is 6.31. The van der Waals surface area contributed by atoms with Gasteiger partial charge in [-0.3, -0.25) is 4.68 Å². The van der Waals surface area contributed by atoms with Crippen molar-refractivity contribution in [1.82, 2.24) is 9.78 Å². The quantitative estimate of drug-likeness (QED) is 0.676. The van der Waals surface area contributed by atoms with Crippen LogP contribution in [0.3, 0.4) is 0 Å². The highest BCUT2D eigenvalue weighted by atomic mass is 35.5. The molecule has 112 valence electrons. The molecule has 0 unspecified atom stereocenters. The number of carbonyl (C=O) groups is 1. The summed E-state index contributed by atoms with van der Waals surface area (Å²) in [5.74, 6) is 0.0219. The number of esters is 1. The van der Waals surface area contributed by atoms with Crippen molar-refractivity contribution in [2.45, 2.75) is 13.5 Å². The van der Waals surface area contributed by atoms with Crippen molar-refractivity contribution in [2.24, 2.45) is 7.05 Å². The molecule has 0 aliphatic heterocycles. The molecule has 0 radical (unpaired) electrons. The van der Waals surface area contributed by atoms with E-state index in [0.29, 0.717) is 27.8 Å². The average Bonchev–Trinajstić information content (AvgIpc) is 2.68. The van der Waals surface area contributed by atoms with Crippen LogP contribution in [0, 0.1) is 6.92 Å². The summed E-state index contributed by atoms with van der Waals surface area (Å²) in [6.07, 6.45) is 0. The highest BCUT2D eigenvalue weighted by Crippen LogP contribution is 2.20. The Morgan fingerprint density at radius 3 is 2.86 bits per heavy atom. The summed E-state index contributed by atoms with van der Waals surface area (Å²) >= 11 is 6.07. The lowest BCUT2D eigenvalue weighted by atomic mass is 10.3. The van der Waals surface area contributed by atoms with Crippen molar-refractivity contribution >= 4 is 23.3 Å². The van der Waals surface area contributed by atoms with Crippen molar-refractivity contribution in [3.05, 3.63) is 40.7 Å². The summed E-state index contributed by atoms with van der Waals surface area (Å²) in [7, 11) is 1.74. The molecule has 0 aliphatic carbocycles. The fraction of sp³-hybridized carbons (Fsp3) is 0.286. The average molecular weight is 310 g/mol. The molecule has 0 fully saturated rings. The Kier molecular flexibility index (Phi) is 4.70. The van der Waals surface area contributed by atoms with Gasteiger partial charge in [-0.1, -0.05) is 17.7 Å². The molecule has 0 saturated heterocycles. The smallest absolute Gasteiger partial charge is 0.344 e. The van der Waals surface area contributed by atoms with E-state index in [9.17, 15) is 4.79 Å². The van der Waals surface area contributed by atoms with E-state index in [1.165, 1.54) is 0 Å². The largest absolute Gasteiger partial charge is 0.482 e. The van der Waals surface area contributed by atoms with E-state index < -0.39 is 5.97 Å². The summed E-state index contributed by atoms with van der Waals surface area (Å²) < 4.78 is 12.0. The highest BCUT2D eigenvalue weighted by Gasteiger charge is 2.13. The zero-order valence-corrected chi connectivity index (χ0v) is 12.6. The summed E-state index contributed by atoms with van der Waals surface area (Å²) in [5, 5.41) is 4.64. The fourth-order valence-electron chi connectivity index (χ4n) is 1.77. The van der Waals surface area contributed by atoms with Gasteiger partial charge in [0.25, 0.3) is 0 Å². The van der Waals surface area contributed by atoms with Crippen LogP contribution in [0.1, 0.15) is 11.4 Å². The predicted molar refractivity (Wildman–Crippen MR) is 79.1 cm³/mol. The van der Waals surface area contributed by atoms with Gasteiger partial charge in [-0.2, -0.15) is 5.10 Å². The van der Waals surface area contributed by atoms with Gasteiger partial charge in [0, 0.05) is 18.8 Å². The number of nitrogens with two attached hydrogens (primary N) is 1. The van der Waals surface area contributed by atoms with Crippen LogP contribution in [-0.4, -0.2) is 22.4 Å². The van der Waals surface area contributed by atoms with Gasteiger partial charge >= 0.3 is 5.97 Å². The van der Waals surface area contributed by atoms with Gasteiger partial charge in [-0.25, -0.2) is 4.79 Å². The van der Waals surface area contributed by atoms with Gasteiger partial charge in [0.05, 0.1) is 16.4 Å². The number of nitrogen functional groups attached to an aromatic ring is 1. The molecule has 0 amide bonds. The number of anilines is 1. The number of rotatable bonds is 5. The standard InChI is InChI=1S/C14H16ClN3O3/c1-9-14(15)12(18(2)17-9)7-21-13(19)8-20-11-5-3-4-10(16)6-11/h3-6H,7-8,16H2,1-2H3. The van der Waals surface area contributed by atoms with Gasteiger partial charge in [0.1, 0.15) is 12.4 Å². The minimum atomic E-state index is -0.493. The number of aromatic nitrogens is 2. The number of hydrogen-bond donors (Lipinski definition) is 1. The normalized spacial score (nSPS) is 10.4. The Morgan fingerprint density at radius 1 is 1.48 bits per heavy atom. The molecule has 1 aromatic heterocycles. The Hall–Kier alpha value is -2.21. The van der Waals surface area contributed by atoms with Gasteiger partial charge < -0.3 is 15.2 Å². The Balaban J connectivity index is 1.85. The maximum absolute atomic E-state index is 11.7. The summed E-state index contributed by atoms with van der Waals surface area (Å²) in [4.78, 5) is 11.7. The van der Waals surface area contributed by atoms with E-state index in [2.05, 4.69) is 5.10 Å². The molecule has 0 spiro atoms. The van der Waals surface area contributed by atoms with Crippen LogP contribution in [-0.2, 0) is 23.2 Å². The lowest BCUT2D eigenvalue weighted by molar-refractivity contribution is -0.147. The number of nitrogens with zero attached hydrogens (tertiary/aromatic N) is 2. The number of hydrogen-bond acceptors (Lipinski definition) is 5. The van der Waals surface area contributed by atoms with Crippen molar-refractivity contribution in [3.63, 3.8) is 0 Å². The van der Waals surface area contributed by atoms with E-state index in [1.54, 1.807) is 42.9 Å². The van der Waals surface area contributed by atoms with Crippen molar-refractivity contribution in [1.29, 1.82) is 0 Å². The van der Waals surface area contributed by atoms with Crippen molar-refractivity contribution in [3.8, 4) is 5.75 Å². The van der Waals surface area contributed by atoms with Crippen molar-refractivity contribution < 1.29 is 14.3 Å². The number of benzene rings is 1. The SMILES string of the molecule is Cc1nn(C)c(COC(=O)COc2cccc(N)c2)c1Cl. The first-order valence-electron chi connectivity index (χ1n) is 6.29. The second-order valence-electron chi connectivity index (χ2n) is 4.49. The monoisotopic (exact) mass is 309 g/mol. The van der Waals surface area contributed by atoms with Gasteiger partial charge in [-0.15, -0.1) is 0 Å². The molecular weight excluding hydrogens is 294 g/mol. The second kappa shape index (κ2) is 6.49. The first kappa shape index (κ1) is 15.2. The summed E-state index contributed by atoms with van der Waals surface area (Å²) in [6, 6.07) is 6.83. The van der Waals surface area contributed by atoms with Crippen molar-refractivity contribution in [2.75, 3.05) is 12.3 Å². The van der Waals surface area contributed by atoms with E-state index in [1.807, 2.05) is 0 Å². The summed E-state index contributed by atoms with van der Waals surface area (Å²) in [6.45, 7) is 1.64. The molecule has 7 heteroatoms. The predicted octanol–water partition coefficient (Wildman–Crippen LogP) is 2.09. The lowest BCUT2D eigenvalue weighted by Gasteiger charge is -2.08. The zero-order chi connectivity index (χ0) is 15.4. The molecule has 0 atom stereocenters. The molecule has 2 aromatic rings. The maximum Gasteiger partial charge on any atom is 0.344 e. The third-order valence-electron chi connectivity index (χ3n) is 2.85. The van der Waals surface area contributed by atoms with Gasteiger partial charge in [0.15, 0.2) is 6.61 Å². The molecule has 2 rings (SSSR count). The third-order valence-corrected chi connectivity index (χ3v) is 3.34. The van der Waals surface area contributed by atoms with Crippen LogP contribution in [0.5, 0.6) is 5.75 Å². The first-order valence-corrected chi connectivity index (χ1v) is 6.67. The molecule has 0 saturated carbocycles. The summed E-state index contributed by atoms with van der Waals surface area (Å²) in [5.41, 5.74) is 7.52. The van der Waals surface area contributed by atoms with Crippen LogP contribution in [0.2, 0.25) is 5.02 Å². The number of carbonyl (C=O) groups excluding carboxylic acids is 1. The third kappa shape index (κ3) is 3.88. The van der Waals surface area contributed by atoms with Gasteiger partial charge in [-0.05, 0) is 19.1 Å². The maximum atomic E-state index is 11.7. The number of aryl methyl sites for hydroxylation is 2. The molecule has 0 bridgehead atoms. The number of halogens is 1. The molecule has 0 aliphatic rings. The molecule has 6 nitrogen and oxygen atoms in total. The van der Waals surface area contributed by atoms with Crippen LogP contribution in [0.25, 0.3) is 0 Å². The minimum absolute atomic E-state index is 0.0509. The molecule has 21 heavy (non-hydrogen) atoms. The molecule has 2 N–H and O–H groups in total. The fourth-order valence-corrected chi connectivity index (χ4v) is 1.99. The van der Waals surface area contributed by atoms with E-state index in [4.69, 9.17) is 26.8 Å². The molecule has 1 aromatic carbocycles. The van der Waals surface area contributed by atoms with E-state index in [0.717, 1.165) is 0 Å². The Labute approximate surface area is 127 Å². The molecule has 1 heterocycles. The number of ether oxygens (including phenoxy) is 2. The van der Waals surface area contributed by atoms with Crippen LogP contribution in [0.4, 0.5) is 5.69 Å². The van der Waals surface area contributed by atoms with Gasteiger partial charge in [0.2, 0.25) is 0 Å². The van der Waals surface area contributed by atoms with Crippen LogP contribution in [0.15, 0.2) is 24.3 Å². The Morgan fingerprint density at radius 2 is 2.24 bits per heavy atom. The van der Waals surface area contributed by atoms with Crippen LogP contribution < -0.4 is 10.5 Å². The van der Waals surface area contributed by atoms with E-state index in [-0.39, 0.29) is 13.2 Å². The minimum Gasteiger partial charge on any atom is -0.482 e. The van der Waals surface area contributed by atoms with Crippen LogP contribution >= 0.6 is 11.6 Å². The van der Waals surface area contributed by atoms with E-state index >= 15 is 0 Å². The Bertz CT molecular complexity index is 655.